The predicted octanol–water partition coefficient (Wildman–Crippen LogP) is -0.541. The number of carbonyl (C=O) groups excluding carboxylic acids is 3. The van der Waals surface area contributed by atoms with E-state index >= 15 is 0 Å². The summed E-state index contributed by atoms with van der Waals surface area (Å²) in [5.41, 5.74) is 17.8. The Kier molecular flexibility index (Phi) is 13.2. The minimum atomic E-state index is -1.31. The largest absolute Gasteiger partial charge is 0.508 e. The Labute approximate surface area is 249 Å². The van der Waals surface area contributed by atoms with Gasteiger partial charge in [-0.15, -0.1) is 0 Å². The molecule has 234 valence electrons. The molecule has 0 aliphatic carbocycles. The van der Waals surface area contributed by atoms with Crippen LogP contribution in [0.4, 0.5) is 0 Å². The van der Waals surface area contributed by atoms with Crippen molar-refractivity contribution in [3.8, 4) is 11.5 Å². The van der Waals surface area contributed by atoms with Crippen LogP contribution in [-0.4, -0.2) is 75.7 Å². The first kappa shape index (κ1) is 34.4. The van der Waals surface area contributed by atoms with Crippen LogP contribution in [-0.2, 0) is 32.0 Å². The highest BCUT2D eigenvalue weighted by Gasteiger charge is 2.32. The molecule has 0 saturated carbocycles. The van der Waals surface area contributed by atoms with Crippen LogP contribution in [0.2, 0.25) is 0 Å². The number of phenolic OH excluding ortho intramolecular Hbond substituents is 2. The van der Waals surface area contributed by atoms with E-state index in [1.807, 2.05) is 0 Å². The van der Waals surface area contributed by atoms with Crippen molar-refractivity contribution < 1.29 is 34.5 Å². The summed E-state index contributed by atoms with van der Waals surface area (Å²) in [6.07, 6.45) is 0.626. The number of carboxylic acid groups (broad SMARTS) is 1. The minimum absolute atomic E-state index is 0.0168. The minimum Gasteiger partial charge on any atom is -0.508 e. The first-order valence-electron chi connectivity index (χ1n) is 13.8. The van der Waals surface area contributed by atoms with Gasteiger partial charge in [-0.25, -0.2) is 4.79 Å². The van der Waals surface area contributed by atoms with Crippen molar-refractivity contribution in [2.75, 3.05) is 6.54 Å². The smallest absolute Gasteiger partial charge is 0.326 e. The summed E-state index contributed by atoms with van der Waals surface area (Å²) >= 11 is 0. The Morgan fingerprint density at radius 1 is 0.767 bits per heavy atom. The number of rotatable bonds is 16. The van der Waals surface area contributed by atoms with Crippen molar-refractivity contribution in [3.63, 3.8) is 0 Å². The molecule has 14 heteroatoms. The average Bonchev–Trinajstić information content (AvgIpc) is 2.94. The third-order valence-corrected chi connectivity index (χ3v) is 6.55. The van der Waals surface area contributed by atoms with Crippen molar-refractivity contribution in [2.45, 2.75) is 63.7 Å². The van der Waals surface area contributed by atoms with Gasteiger partial charge in [0.1, 0.15) is 29.6 Å². The molecule has 12 N–H and O–H groups in total. The number of nitrogens with zero attached hydrogens (tertiary/aromatic N) is 1. The molecule has 2 rings (SSSR count). The van der Waals surface area contributed by atoms with Gasteiger partial charge in [-0.05, 0) is 54.2 Å². The van der Waals surface area contributed by atoms with Gasteiger partial charge in [0, 0.05) is 19.4 Å². The number of hydrogen-bond acceptors (Lipinski definition) is 8. The van der Waals surface area contributed by atoms with Gasteiger partial charge in [-0.1, -0.05) is 38.1 Å². The zero-order valence-corrected chi connectivity index (χ0v) is 24.2. The standard InChI is InChI=1S/C29H41N7O7/c1-16(2)24(27(41)35-23(28(42)43)15-18-7-11-20(38)12-8-18)36-26(40)22(14-17-5-9-19(37)10-6-17)34-25(39)21(30)4-3-13-33-29(31)32/h5-12,16,21-24,37-38H,3-4,13-15,30H2,1-2H3,(H,34,39)(H,35,41)(H,36,40)(H,42,43)(H4,31,32,33). The molecule has 0 radical (unpaired) electrons. The quantitative estimate of drug-likeness (QED) is 0.0676. The lowest BCUT2D eigenvalue weighted by molar-refractivity contribution is -0.142. The number of nitrogens with one attached hydrogen (secondary N) is 3. The fourth-order valence-corrected chi connectivity index (χ4v) is 4.12. The summed E-state index contributed by atoms with van der Waals surface area (Å²) in [6, 6.07) is 7.39. The average molecular weight is 600 g/mol. The molecule has 0 saturated heterocycles. The Morgan fingerprint density at radius 2 is 1.26 bits per heavy atom. The Hall–Kier alpha value is -4.85. The molecule has 4 unspecified atom stereocenters. The van der Waals surface area contributed by atoms with Gasteiger partial charge in [0.25, 0.3) is 0 Å². The number of aliphatic imine (C=N–C) groups is 1. The van der Waals surface area contributed by atoms with E-state index in [1.54, 1.807) is 38.1 Å². The van der Waals surface area contributed by atoms with E-state index in [2.05, 4.69) is 20.9 Å². The number of aromatic hydroxyl groups is 2. The first-order valence-corrected chi connectivity index (χ1v) is 13.8. The fraction of sp³-hybridized carbons (Fsp3) is 0.414. The molecule has 2 aromatic rings. The Bertz CT molecular complexity index is 1260. The fourth-order valence-electron chi connectivity index (χ4n) is 4.12. The first-order chi connectivity index (χ1) is 20.3. The van der Waals surface area contributed by atoms with Gasteiger partial charge in [0.2, 0.25) is 17.7 Å². The molecular formula is C29H41N7O7. The molecule has 43 heavy (non-hydrogen) atoms. The van der Waals surface area contributed by atoms with Crippen molar-refractivity contribution in [3.05, 3.63) is 59.7 Å². The third-order valence-electron chi connectivity index (χ3n) is 6.55. The van der Waals surface area contributed by atoms with Crippen LogP contribution >= 0.6 is 0 Å². The molecule has 2 aromatic carbocycles. The SMILES string of the molecule is CC(C)C(NC(=O)C(Cc1ccc(O)cc1)NC(=O)C(N)CCCN=C(N)N)C(=O)NC(Cc1ccc(O)cc1)C(=O)O. The number of benzene rings is 2. The summed E-state index contributed by atoms with van der Waals surface area (Å²) in [5.74, 6) is -3.78. The molecule has 0 spiro atoms. The predicted molar refractivity (Wildman–Crippen MR) is 160 cm³/mol. The number of hydrogen-bond donors (Lipinski definition) is 9. The molecule has 0 aromatic heterocycles. The van der Waals surface area contributed by atoms with Crippen LogP contribution in [0.25, 0.3) is 0 Å². The second kappa shape index (κ2) is 16.6. The zero-order valence-electron chi connectivity index (χ0n) is 24.2. The van der Waals surface area contributed by atoms with Crippen molar-refractivity contribution in [1.82, 2.24) is 16.0 Å². The van der Waals surface area contributed by atoms with E-state index in [0.29, 0.717) is 17.5 Å². The number of amides is 3. The van der Waals surface area contributed by atoms with Crippen LogP contribution in [0, 0.1) is 5.92 Å². The highest BCUT2D eigenvalue weighted by Crippen LogP contribution is 2.14. The molecular weight excluding hydrogens is 558 g/mol. The highest BCUT2D eigenvalue weighted by atomic mass is 16.4. The topological polar surface area (TPSA) is 255 Å². The molecule has 4 atom stereocenters. The van der Waals surface area contributed by atoms with E-state index < -0.39 is 53.8 Å². The maximum Gasteiger partial charge on any atom is 0.326 e. The lowest BCUT2D eigenvalue weighted by atomic mass is 9.99. The summed E-state index contributed by atoms with van der Waals surface area (Å²) in [4.78, 5) is 55.4. The lowest BCUT2D eigenvalue weighted by Crippen LogP contribution is -2.59. The molecule has 0 aliphatic rings. The second-order valence-corrected chi connectivity index (χ2v) is 10.5. The summed E-state index contributed by atoms with van der Waals surface area (Å²) in [6.45, 7) is 3.64. The van der Waals surface area contributed by atoms with E-state index in [0.717, 1.165) is 0 Å². The van der Waals surface area contributed by atoms with Crippen LogP contribution < -0.4 is 33.2 Å². The van der Waals surface area contributed by atoms with Gasteiger partial charge in [-0.3, -0.25) is 19.4 Å². The van der Waals surface area contributed by atoms with Crippen molar-refractivity contribution in [1.29, 1.82) is 0 Å². The van der Waals surface area contributed by atoms with Crippen LogP contribution in [0.1, 0.15) is 37.8 Å². The van der Waals surface area contributed by atoms with E-state index in [4.69, 9.17) is 17.2 Å². The third kappa shape index (κ3) is 11.9. The number of nitrogens with two attached hydrogens (primary N) is 3. The number of carboxylic acids is 1. The summed E-state index contributed by atoms with van der Waals surface area (Å²) in [5, 5.41) is 36.6. The normalized spacial score (nSPS) is 13.7. The van der Waals surface area contributed by atoms with Gasteiger partial charge in [0.15, 0.2) is 5.96 Å². The van der Waals surface area contributed by atoms with Crippen molar-refractivity contribution in [2.24, 2.45) is 28.1 Å². The molecule has 0 heterocycles. The Morgan fingerprint density at radius 3 is 1.72 bits per heavy atom. The number of carbonyl (C=O) groups is 4. The molecule has 0 aliphatic heterocycles. The van der Waals surface area contributed by atoms with Gasteiger partial charge >= 0.3 is 5.97 Å². The van der Waals surface area contributed by atoms with E-state index in [9.17, 15) is 34.5 Å². The van der Waals surface area contributed by atoms with Crippen LogP contribution in [0.3, 0.4) is 0 Å². The van der Waals surface area contributed by atoms with Gasteiger partial charge in [-0.2, -0.15) is 0 Å². The maximum atomic E-state index is 13.5. The monoisotopic (exact) mass is 599 g/mol. The highest BCUT2D eigenvalue weighted by molar-refractivity contribution is 5.94. The Balaban J connectivity index is 2.18. The van der Waals surface area contributed by atoms with E-state index in [-0.39, 0.29) is 43.3 Å². The lowest BCUT2D eigenvalue weighted by Gasteiger charge is -2.27. The second-order valence-electron chi connectivity index (χ2n) is 10.5. The van der Waals surface area contributed by atoms with Crippen LogP contribution in [0.15, 0.2) is 53.5 Å². The van der Waals surface area contributed by atoms with E-state index in [1.165, 1.54) is 24.3 Å². The number of phenols is 2. The van der Waals surface area contributed by atoms with Gasteiger partial charge in [0.05, 0.1) is 6.04 Å². The molecule has 14 nitrogen and oxygen atoms in total. The summed E-state index contributed by atoms with van der Waals surface area (Å²) < 4.78 is 0. The molecule has 0 bridgehead atoms. The molecule has 3 amide bonds. The number of guanidine groups is 1. The summed E-state index contributed by atoms with van der Waals surface area (Å²) in [7, 11) is 0. The van der Waals surface area contributed by atoms with Crippen LogP contribution in [0.5, 0.6) is 11.5 Å². The van der Waals surface area contributed by atoms with Gasteiger partial charge < -0.3 is 48.5 Å². The number of aliphatic carboxylic acids is 1. The zero-order chi connectivity index (χ0) is 32.1. The maximum absolute atomic E-state index is 13.5. The van der Waals surface area contributed by atoms with Crippen molar-refractivity contribution >= 4 is 29.7 Å². The molecule has 0 fully saturated rings.